The van der Waals surface area contributed by atoms with E-state index in [1.807, 2.05) is 54.6 Å². The fourth-order valence-corrected chi connectivity index (χ4v) is 1.56. The van der Waals surface area contributed by atoms with Gasteiger partial charge in [-0.15, -0.1) is 0 Å². The predicted molar refractivity (Wildman–Crippen MR) is 74.4 cm³/mol. The quantitative estimate of drug-likeness (QED) is 0.684. The second kappa shape index (κ2) is 5.39. The highest BCUT2D eigenvalue weighted by Crippen LogP contribution is 2.12. The lowest BCUT2D eigenvalue weighted by Crippen LogP contribution is -2.02. The number of nitrogens with zero attached hydrogens (tertiary/aromatic N) is 2. The van der Waals surface area contributed by atoms with E-state index in [0.29, 0.717) is 6.04 Å². The molecule has 86 valence electrons. The molecule has 0 heterocycles. The molecule has 2 rings (SSSR count). The number of rotatable bonds is 2. The fraction of sp³-hybridized carbons (Fsp3) is 0.200. The molecule has 0 aromatic heterocycles. The molecule has 17 heavy (non-hydrogen) atoms. The Kier molecular flexibility index (Phi) is 3.66. The lowest BCUT2D eigenvalue weighted by atomic mass is 10.1. The largest absolute Gasteiger partial charge is 0.283 e. The van der Waals surface area contributed by atoms with Crippen molar-refractivity contribution in [2.75, 3.05) is 0 Å². The van der Waals surface area contributed by atoms with Crippen LogP contribution < -0.4 is 0 Å². The first kappa shape index (κ1) is 11.5. The highest BCUT2D eigenvalue weighted by molar-refractivity contribution is 6.19. The molecule has 1 aliphatic carbocycles. The van der Waals surface area contributed by atoms with Gasteiger partial charge in [-0.25, -0.2) is 4.99 Å². The third-order valence-corrected chi connectivity index (χ3v) is 2.27. The van der Waals surface area contributed by atoms with Gasteiger partial charge in [0.25, 0.3) is 0 Å². The zero-order valence-electron chi connectivity index (χ0n) is 10.2. The normalized spacial score (nSPS) is 14.3. The second-order valence-corrected chi connectivity index (χ2v) is 4.19. The summed E-state index contributed by atoms with van der Waals surface area (Å²) in [6.45, 7) is 4.14. The van der Waals surface area contributed by atoms with Crippen LogP contribution in [0.5, 0.6) is 0 Å². The molecule has 0 unspecified atom stereocenters. The van der Waals surface area contributed by atoms with Gasteiger partial charge in [-0.2, -0.15) is 0 Å². The van der Waals surface area contributed by atoms with Crippen LogP contribution in [0.25, 0.3) is 0 Å². The summed E-state index contributed by atoms with van der Waals surface area (Å²) >= 11 is 0. The highest BCUT2D eigenvalue weighted by Gasteiger charge is 1.99. The zero-order valence-corrected chi connectivity index (χ0v) is 10.2. The first-order valence-electron chi connectivity index (χ1n) is 5.82. The molecule has 0 atom stereocenters. The van der Waals surface area contributed by atoms with Gasteiger partial charge in [0.15, 0.2) is 0 Å². The van der Waals surface area contributed by atoms with Gasteiger partial charge in [0.1, 0.15) is 0 Å². The maximum Gasteiger partial charge on any atom is 0.0638 e. The lowest BCUT2D eigenvalue weighted by Gasteiger charge is -2.04. The van der Waals surface area contributed by atoms with Crippen molar-refractivity contribution in [1.82, 2.24) is 0 Å². The summed E-state index contributed by atoms with van der Waals surface area (Å²) in [7, 11) is 0. The average Bonchev–Trinajstić information content (AvgIpc) is 2.32. The van der Waals surface area contributed by atoms with Gasteiger partial charge < -0.3 is 0 Å². The van der Waals surface area contributed by atoms with Crippen LogP contribution in [-0.4, -0.2) is 17.5 Å². The average molecular weight is 224 g/mol. The number of hydrogen-bond donors (Lipinski definition) is 0. The molecule has 2 heteroatoms. The molecule has 1 aromatic rings. The van der Waals surface area contributed by atoms with E-state index in [2.05, 4.69) is 23.8 Å². The van der Waals surface area contributed by atoms with Crippen molar-refractivity contribution in [3.63, 3.8) is 0 Å². The van der Waals surface area contributed by atoms with Crippen LogP contribution >= 0.6 is 0 Å². The number of allylic oxidation sites excluding steroid dienone is 4. The predicted octanol–water partition coefficient (Wildman–Crippen LogP) is 3.73. The Morgan fingerprint density at radius 1 is 0.824 bits per heavy atom. The van der Waals surface area contributed by atoms with Gasteiger partial charge in [0.05, 0.1) is 17.1 Å². The molecule has 1 aromatic carbocycles. The molecule has 1 aliphatic rings. The first-order valence-corrected chi connectivity index (χ1v) is 5.82. The fourth-order valence-electron chi connectivity index (χ4n) is 1.56. The standard InChI is InChI=1S/C15H16N2/c1-12(2)16-14-8-10-15(11-9-14)17-13-6-4-3-5-7-13/h3-12H,1-2H3. The van der Waals surface area contributed by atoms with E-state index in [-0.39, 0.29) is 0 Å². The van der Waals surface area contributed by atoms with E-state index in [1.54, 1.807) is 0 Å². The molecule has 0 bridgehead atoms. The smallest absolute Gasteiger partial charge is 0.0638 e. The van der Waals surface area contributed by atoms with Crippen LogP contribution in [0.1, 0.15) is 13.8 Å². The maximum absolute atomic E-state index is 4.52. The summed E-state index contributed by atoms with van der Waals surface area (Å²) in [4.78, 5) is 8.99. The van der Waals surface area contributed by atoms with Gasteiger partial charge in [0, 0.05) is 6.04 Å². The Morgan fingerprint density at radius 2 is 1.41 bits per heavy atom. The van der Waals surface area contributed by atoms with Crippen molar-refractivity contribution >= 4 is 17.1 Å². The number of aliphatic imine (C=N–C) groups is 2. The molecule has 0 N–H and O–H groups in total. The molecule has 0 fully saturated rings. The summed E-state index contributed by atoms with van der Waals surface area (Å²) in [5.41, 5.74) is 2.94. The van der Waals surface area contributed by atoms with E-state index >= 15 is 0 Å². The molecule has 2 nitrogen and oxygen atoms in total. The van der Waals surface area contributed by atoms with Crippen molar-refractivity contribution < 1.29 is 0 Å². The molecule has 0 radical (unpaired) electrons. The summed E-state index contributed by atoms with van der Waals surface area (Å²) in [5, 5.41) is 0. The minimum atomic E-state index is 0.326. The van der Waals surface area contributed by atoms with E-state index in [0.717, 1.165) is 17.1 Å². The van der Waals surface area contributed by atoms with Gasteiger partial charge in [-0.1, -0.05) is 18.2 Å². The van der Waals surface area contributed by atoms with Crippen molar-refractivity contribution in [3.05, 3.63) is 54.6 Å². The van der Waals surface area contributed by atoms with Gasteiger partial charge in [0.2, 0.25) is 0 Å². The molecule has 0 spiro atoms. The van der Waals surface area contributed by atoms with E-state index in [4.69, 9.17) is 0 Å². The SMILES string of the molecule is CC(C)N=C1C=CC(=Nc2ccccc2)C=C1. The minimum Gasteiger partial charge on any atom is -0.283 e. The summed E-state index contributed by atoms with van der Waals surface area (Å²) in [6, 6.07) is 10.3. The monoisotopic (exact) mass is 224 g/mol. The molecular weight excluding hydrogens is 208 g/mol. The van der Waals surface area contributed by atoms with Crippen molar-refractivity contribution in [3.8, 4) is 0 Å². The molecule has 0 amide bonds. The van der Waals surface area contributed by atoms with Crippen molar-refractivity contribution in [1.29, 1.82) is 0 Å². The third kappa shape index (κ3) is 3.52. The van der Waals surface area contributed by atoms with Gasteiger partial charge in [-0.3, -0.25) is 4.99 Å². The lowest BCUT2D eigenvalue weighted by molar-refractivity contribution is 0.838. The van der Waals surface area contributed by atoms with Crippen LogP contribution in [0.15, 0.2) is 64.6 Å². The molecular formula is C15H16N2. The van der Waals surface area contributed by atoms with Crippen molar-refractivity contribution in [2.24, 2.45) is 9.98 Å². The molecule has 0 aliphatic heterocycles. The number of benzene rings is 1. The Labute approximate surface area is 102 Å². The van der Waals surface area contributed by atoms with Crippen LogP contribution in [0, 0.1) is 0 Å². The Hall–Kier alpha value is -1.96. The van der Waals surface area contributed by atoms with Crippen LogP contribution in [-0.2, 0) is 0 Å². The van der Waals surface area contributed by atoms with Crippen LogP contribution in [0.4, 0.5) is 5.69 Å². The summed E-state index contributed by atoms with van der Waals surface area (Å²) in [5.74, 6) is 0. The zero-order chi connectivity index (χ0) is 12.1. The molecule has 0 saturated heterocycles. The third-order valence-electron chi connectivity index (χ3n) is 2.27. The maximum atomic E-state index is 4.52. The first-order chi connectivity index (χ1) is 8.24. The Balaban J connectivity index is 2.14. The van der Waals surface area contributed by atoms with E-state index < -0.39 is 0 Å². The number of hydrogen-bond acceptors (Lipinski definition) is 2. The Morgan fingerprint density at radius 3 is 2.00 bits per heavy atom. The van der Waals surface area contributed by atoms with E-state index in [1.165, 1.54) is 0 Å². The molecule has 0 saturated carbocycles. The Bertz CT molecular complexity index is 473. The summed E-state index contributed by atoms with van der Waals surface area (Å²) < 4.78 is 0. The summed E-state index contributed by atoms with van der Waals surface area (Å²) in [6.07, 6.45) is 7.99. The van der Waals surface area contributed by atoms with Crippen LogP contribution in [0.3, 0.4) is 0 Å². The van der Waals surface area contributed by atoms with Gasteiger partial charge in [-0.05, 0) is 50.3 Å². The van der Waals surface area contributed by atoms with Crippen LogP contribution in [0.2, 0.25) is 0 Å². The highest BCUT2D eigenvalue weighted by atomic mass is 14.8. The number of para-hydroxylation sites is 1. The van der Waals surface area contributed by atoms with Crippen molar-refractivity contribution in [2.45, 2.75) is 19.9 Å². The van der Waals surface area contributed by atoms with E-state index in [9.17, 15) is 0 Å². The topological polar surface area (TPSA) is 24.7 Å². The van der Waals surface area contributed by atoms with Gasteiger partial charge >= 0.3 is 0 Å². The second-order valence-electron chi connectivity index (χ2n) is 4.19. The minimum absolute atomic E-state index is 0.326.